The number of nitrogens with two attached hydrogens (primary N) is 3. The third-order valence-electron chi connectivity index (χ3n) is 1.13. The Balaban J connectivity index is 0. The van der Waals surface area contributed by atoms with Crippen LogP contribution in [0.4, 0.5) is 0 Å². The van der Waals surface area contributed by atoms with Gasteiger partial charge in [0, 0.05) is 19.5 Å². The maximum atomic E-state index is 10.3. The number of Topliss-reactive ketones (excluding diaryl/α,β-unsaturated/α-hetero) is 1. The average Bonchev–Trinajstić information content (AvgIpc) is 3.05. The second-order valence-electron chi connectivity index (χ2n) is 2.68. The van der Waals surface area contributed by atoms with Crippen LogP contribution in [0.15, 0.2) is 0 Å². The molecular formula is C9H23N3O2. The van der Waals surface area contributed by atoms with Crippen molar-refractivity contribution < 1.29 is 9.53 Å². The Morgan fingerprint density at radius 1 is 1.21 bits per heavy atom. The van der Waals surface area contributed by atoms with Crippen molar-refractivity contribution in [3.05, 3.63) is 0 Å². The molecule has 0 aromatic heterocycles. The van der Waals surface area contributed by atoms with E-state index in [4.69, 9.17) is 17.2 Å². The van der Waals surface area contributed by atoms with E-state index < -0.39 is 0 Å². The first-order valence-corrected chi connectivity index (χ1v) is 4.92. The maximum Gasteiger partial charge on any atom is 0.146 e. The SMILES string of the molecule is C1CO1.CCCC(=O)CN.NCCN. The standard InChI is InChI=1S/C5H11NO.C2H8N2.C2H4O/c1-2-3-5(7)4-6;3-1-2-4;1-2-3-1/h2-4,6H2,1H3;1-4H2;1-2H2. The number of hydrogen-bond donors (Lipinski definition) is 3. The largest absolute Gasteiger partial charge is 0.377 e. The fraction of sp³-hybridized carbons (Fsp3) is 0.889. The highest BCUT2D eigenvalue weighted by molar-refractivity contribution is 5.80. The van der Waals surface area contributed by atoms with Gasteiger partial charge in [0.05, 0.1) is 19.8 Å². The lowest BCUT2D eigenvalue weighted by atomic mass is 10.2. The van der Waals surface area contributed by atoms with Crippen LogP contribution in [-0.2, 0) is 9.53 Å². The van der Waals surface area contributed by atoms with Gasteiger partial charge in [-0.2, -0.15) is 0 Å². The molecule has 1 rings (SSSR count). The quantitative estimate of drug-likeness (QED) is 0.523. The second-order valence-corrected chi connectivity index (χ2v) is 2.68. The van der Waals surface area contributed by atoms with Crippen molar-refractivity contribution in [2.45, 2.75) is 19.8 Å². The minimum atomic E-state index is 0.155. The van der Waals surface area contributed by atoms with Crippen molar-refractivity contribution in [1.29, 1.82) is 0 Å². The van der Waals surface area contributed by atoms with Gasteiger partial charge in [-0.1, -0.05) is 6.92 Å². The van der Waals surface area contributed by atoms with Gasteiger partial charge < -0.3 is 21.9 Å². The molecule has 1 aliphatic rings. The van der Waals surface area contributed by atoms with Crippen molar-refractivity contribution in [2.75, 3.05) is 32.8 Å². The fourth-order valence-corrected chi connectivity index (χ4v) is 0.381. The van der Waals surface area contributed by atoms with E-state index in [1.54, 1.807) is 0 Å². The summed E-state index contributed by atoms with van der Waals surface area (Å²) in [5.74, 6) is 0.155. The Labute approximate surface area is 86.0 Å². The molecule has 0 atom stereocenters. The Hall–Kier alpha value is -0.490. The summed E-state index contributed by atoms with van der Waals surface area (Å²) in [4.78, 5) is 10.3. The lowest BCUT2D eigenvalue weighted by molar-refractivity contribution is -0.117. The fourth-order valence-electron chi connectivity index (χ4n) is 0.381. The van der Waals surface area contributed by atoms with Crippen LogP contribution in [0.25, 0.3) is 0 Å². The summed E-state index contributed by atoms with van der Waals surface area (Å²) < 4.78 is 4.50. The van der Waals surface area contributed by atoms with Gasteiger partial charge in [0.2, 0.25) is 0 Å². The molecule has 0 saturated carbocycles. The Kier molecular flexibility index (Phi) is 17.1. The number of ether oxygens (including phenoxy) is 1. The van der Waals surface area contributed by atoms with Crippen molar-refractivity contribution in [3.8, 4) is 0 Å². The Bertz CT molecular complexity index is 114. The molecule has 0 spiro atoms. The smallest absolute Gasteiger partial charge is 0.146 e. The molecule has 0 aromatic rings. The zero-order valence-electron chi connectivity index (χ0n) is 9.00. The van der Waals surface area contributed by atoms with Crippen LogP contribution in [0.3, 0.4) is 0 Å². The topological polar surface area (TPSA) is 108 Å². The molecule has 0 aliphatic carbocycles. The summed E-state index contributed by atoms with van der Waals surface area (Å²) in [5.41, 5.74) is 14.8. The average molecular weight is 205 g/mol. The summed E-state index contributed by atoms with van der Waals surface area (Å²) in [7, 11) is 0. The van der Waals surface area contributed by atoms with Gasteiger partial charge in [-0.05, 0) is 6.42 Å². The van der Waals surface area contributed by atoms with Gasteiger partial charge in [0.15, 0.2) is 0 Å². The molecule has 1 fully saturated rings. The lowest BCUT2D eigenvalue weighted by Crippen LogP contribution is -2.12. The maximum absolute atomic E-state index is 10.3. The predicted octanol–water partition coefficient (Wildman–Crippen LogP) is -0.765. The number of ketones is 1. The Morgan fingerprint density at radius 3 is 1.71 bits per heavy atom. The van der Waals surface area contributed by atoms with E-state index in [0.29, 0.717) is 19.5 Å². The Morgan fingerprint density at radius 2 is 1.64 bits per heavy atom. The van der Waals surface area contributed by atoms with Gasteiger partial charge >= 0.3 is 0 Å². The van der Waals surface area contributed by atoms with Crippen molar-refractivity contribution >= 4 is 5.78 Å². The zero-order valence-corrected chi connectivity index (χ0v) is 9.00. The van der Waals surface area contributed by atoms with E-state index in [-0.39, 0.29) is 12.3 Å². The zero-order chi connectivity index (χ0) is 11.2. The first-order chi connectivity index (χ1) is 6.72. The first-order valence-electron chi connectivity index (χ1n) is 4.92. The van der Waals surface area contributed by atoms with Gasteiger partial charge in [0.1, 0.15) is 5.78 Å². The molecule has 0 bridgehead atoms. The number of rotatable bonds is 4. The monoisotopic (exact) mass is 205 g/mol. The van der Waals surface area contributed by atoms with Crippen LogP contribution in [0, 0.1) is 0 Å². The minimum Gasteiger partial charge on any atom is -0.377 e. The molecule has 86 valence electrons. The van der Waals surface area contributed by atoms with E-state index in [0.717, 1.165) is 19.6 Å². The van der Waals surface area contributed by atoms with Crippen LogP contribution in [0.5, 0.6) is 0 Å². The van der Waals surface area contributed by atoms with E-state index in [1.807, 2.05) is 6.92 Å². The molecule has 1 aliphatic heterocycles. The second kappa shape index (κ2) is 15.0. The molecule has 0 amide bonds. The van der Waals surface area contributed by atoms with Gasteiger partial charge in [-0.25, -0.2) is 0 Å². The van der Waals surface area contributed by atoms with Crippen molar-refractivity contribution in [1.82, 2.24) is 0 Å². The molecule has 1 saturated heterocycles. The van der Waals surface area contributed by atoms with E-state index in [2.05, 4.69) is 4.74 Å². The van der Waals surface area contributed by atoms with E-state index in [1.165, 1.54) is 0 Å². The van der Waals surface area contributed by atoms with Gasteiger partial charge in [0.25, 0.3) is 0 Å². The number of carbonyl (C=O) groups is 1. The van der Waals surface area contributed by atoms with Crippen LogP contribution < -0.4 is 17.2 Å². The lowest BCUT2D eigenvalue weighted by Gasteiger charge is -1.87. The van der Waals surface area contributed by atoms with Crippen LogP contribution >= 0.6 is 0 Å². The predicted molar refractivity (Wildman–Crippen MR) is 57.9 cm³/mol. The summed E-state index contributed by atoms with van der Waals surface area (Å²) in [6.07, 6.45) is 1.55. The molecule has 5 nitrogen and oxygen atoms in total. The van der Waals surface area contributed by atoms with E-state index >= 15 is 0 Å². The molecule has 6 N–H and O–H groups in total. The molecule has 0 aromatic carbocycles. The summed E-state index contributed by atoms with van der Waals surface area (Å²) >= 11 is 0. The molecule has 1 heterocycles. The summed E-state index contributed by atoms with van der Waals surface area (Å²) in [6.45, 7) is 5.36. The van der Waals surface area contributed by atoms with E-state index in [9.17, 15) is 4.79 Å². The molecule has 0 unspecified atom stereocenters. The van der Waals surface area contributed by atoms with Crippen molar-refractivity contribution in [3.63, 3.8) is 0 Å². The highest BCUT2D eigenvalue weighted by Crippen LogP contribution is 1.85. The highest BCUT2D eigenvalue weighted by Gasteiger charge is 1.94. The number of carbonyl (C=O) groups excluding carboxylic acids is 1. The minimum absolute atomic E-state index is 0.155. The molecular weight excluding hydrogens is 182 g/mol. The number of hydrogen-bond acceptors (Lipinski definition) is 5. The number of epoxide rings is 1. The molecule has 0 radical (unpaired) electrons. The van der Waals surface area contributed by atoms with Crippen LogP contribution in [0.1, 0.15) is 19.8 Å². The van der Waals surface area contributed by atoms with Gasteiger partial charge in [-0.15, -0.1) is 0 Å². The summed E-state index contributed by atoms with van der Waals surface area (Å²) in [5, 5.41) is 0. The van der Waals surface area contributed by atoms with Crippen LogP contribution in [0.2, 0.25) is 0 Å². The highest BCUT2D eigenvalue weighted by atomic mass is 16.6. The third-order valence-corrected chi connectivity index (χ3v) is 1.13. The molecule has 5 heteroatoms. The molecule has 14 heavy (non-hydrogen) atoms. The normalized spacial score (nSPS) is 11.7. The first kappa shape index (κ1) is 16.0. The summed E-state index contributed by atoms with van der Waals surface area (Å²) in [6, 6.07) is 0. The van der Waals surface area contributed by atoms with Crippen LogP contribution in [-0.4, -0.2) is 38.6 Å². The van der Waals surface area contributed by atoms with Crippen molar-refractivity contribution in [2.24, 2.45) is 17.2 Å². The third kappa shape index (κ3) is 30.0. The van der Waals surface area contributed by atoms with Gasteiger partial charge in [-0.3, -0.25) is 4.79 Å².